The van der Waals surface area contributed by atoms with Gasteiger partial charge in [0.2, 0.25) is 0 Å². The van der Waals surface area contributed by atoms with Crippen LogP contribution in [0.2, 0.25) is 0 Å². The lowest BCUT2D eigenvalue weighted by Crippen LogP contribution is -2.60. The Morgan fingerprint density at radius 3 is 1.55 bits per heavy atom. The summed E-state index contributed by atoms with van der Waals surface area (Å²) in [5.74, 6) is -2.07. The van der Waals surface area contributed by atoms with Crippen LogP contribution in [0.25, 0.3) is 0 Å². The molecular weight excluding hydrogens is 789 g/mol. The van der Waals surface area contributed by atoms with Gasteiger partial charge in [0, 0.05) is 12.8 Å². The number of esters is 2. The molecule has 0 saturated carbocycles. The number of ether oxygens (including phenoxy) is 4. The van der Waals surface area contributed by atoms with E-state index in [0.29, 0.717) is 19.3 Å². The van der Waals surface area contributed by atoms with Crippen molar-refractivity contribution < 1.29 is 56.8 Å². The van der Waals surface area contributed by atoms with Gasteiger partial charge >= 0.3 is 11.9 Å². The van der Waals surface area contributed by atoms with Crippen LogP contribution in [0, 0.1) is 0 Å². The van der Waals surface area contributed by atoms with Gasteiger partial charge in [-0.3, -0.25) is 14.1 Å². The summed E-state index contributed by atoms with van der Waals surface area (Å²) in [6, 6.07) is 0. The van der Waals surface area contributed by atoms with Crippen LogP contribution in [0.15, 0.2) is 48.6 Å². The largest absolute Gasteiger partial charge is 0.462 e. The molecule has 1 saturated heterocycles. The van der Waals surface area contributed by atoms with Crippen LogP contribution >= 0.6 is 0 Å². The second-order valence-corrected chi connectivity index (χ2v) is 17.6. The fourth-order valence-electron chi connectivity index (χ4n) is 6.75. The molecular formula is C47H82O12S. The molecule has 0 aromatic heterocycles. The summed E-state index contributed by atoms with van der Waals surface area (Å²) in [6.45, 7) is 3.69. The van der Waals surface area contributed by atoms with Crippen molar-refractivity contribution in [3.05, 3.63) is 48.6 Å². The van der Waals surface area contributed by atoms with Gasteiger partial charge in [0.25, 0.3) is 10.1 Å². The van der Waals surface area contributed by atoms with Gasteiger partial charge in [0.1, 0.15) is 36.8 Å². The molecule has 60 heavy (non-hydrogen) atoms. The minimum Gasteiger partial charge on any atom is -0.462 e. The Balaban J connectivity index is 2.49. The first-order valence-corrected chi connectivity index (χ1v) is 24.8. The normalized spacial score (nSPS) is 20.5. The maximum absolute atomic E-state index is 12.8. The Kier molecular flexibility index (Phi) is 34.5. The van der Waals surface area contributed by atoms with Crippen LogP contribution in [0.3, 0.4) is 0 Å². The van der Waals surface area contributed by atoms with Crippen molar-refractivity contribution in [3.8, 4) is 0 Å². The highest BCUT2D eigenvalue weighted by Gasteiger charge is 2.46. The van der Waals surface area contributed by atoms with Crippen LogP contribution in [0.1, 0.15) is 181 Å². The molecule has 1 rings (SSSR count). The average molecular weight is 871 g/mol. The third-order valence-corrected chi connectivity index (χ3v) is 11.1. The van der Waals surface area contributed by atoms with Crippen molar-refractivity contribution in [2.75, 3.05) is 19.0 Å². The molecule has 0 spiro atoms. The van der Waals surface area contributed by atoms with Gasteiger partial charge in [-0.25, -0.2) is 0 Å². The van der Waals surface area contributed by atoms with Gasteiger partial charge in [0.05, 0.1) is 6.61 Å². The molecule has 0 amide bonds. The molecule has 1 heterocycles. The maximum atomic E-state index is 12.8. The molecule has 0 bridgehead atoms. The summed E-state index contributed by atoms with van der Waals surface area (Å²) in [4.78, 5) is 25.4. The molecule has 1 fully saturated rings. The third-order valence-electron chi connectivity index (χ3n) is 10.4. The number of carbonyl (C=O) groups excluding carboxylic acids is 2. The molecule has 12 nitrogen and oxygen atoms in total. The van der Waals surface area contributed by atoms with Crippen LogP contribution in [-0.2, 0) is 38.7 Å². The van der Waals surface area contributed by atoms with E-state index in [1.165, 1.54) is 89.9 Å². The van der Waals surface area contributed by atoms with E-state index in [1.807, 2.05) is 6.08 Å². The van der Waals surface area contributed by atoms with Gasteiger partial charge in [0.15, 0.2) is 12.4 Å². The first kappa shape index (κ1) is 55.6. The van der Waals surface area contributed by atoms with Crippen LogP contribution in [0.5, 0.6) is 0 Å². The van der Waals surface area contributed by atoms with E-state index in [9.17, 15) is 37.9 Å². The number of hydrogen-bond donors (Lipinski definition) is 4. The molecule has 4 N–H and O–H groups in total. The predicted octanol–water partition coefficient (Wildman–Crippen LogP) is 9.56. The molecule has 13 heteroatoms. The number of allylic oxidation sites excluding steroid dienone is 8. The molecule has 0 aromatic carbocycles. The molecule has 1 aliphatic rings. The lowest BCUT2D eigenvalue weighted by molar-refractivity contribution is -0.297. The molecule has 0 aromatic rings. The van der Waals surface area contributed by atoms with Gasteiger partial charge in [-0.1, -0.05) is 146 Å². The second-order valence-electron chi connectivity index (χ2n) is 16.1. The standard InChI is InChI=1S/C47H82O12S/c1-3-5-7-9-11-13-15-17-19-20-22-23-25-27-29-31-33-35-42(48)56-37-40(38-57-47-46(52)45(51)44(50)41(59-47)39-60(53,54)55)58-43(49)36-34-32-30-28-26-24-21-18-16-14-12-10-8-6-4-2/h17,19,22-24,26-27,29,40-41,44-47,50-52H,3-16,18,20-21,25,28,30-39H2,1-2H3,(H,53,54,55)/b19-17+,23-22+,26-24+,29-27+/t40-,41-,44-,45?,46?,47+/m1/s1. The first-order chi connectivity index (χ1) is 29.0. The number of carbonyl (C=O) groups is 2. The van der Waals surface area contributed by atoms with Crippen molar-refractivity contribution in [2.45, 2.75) is 218 Å². The molecule has 6 atom stereocenters. The Hall–Kier alpha value is -2.39. The molecule has 0 radical (unpaired) electrons. The Labute approximate surface area is 363 Å². The summed E-state index contributed by atoms with van der Waals surface area (Å²) in [6.07, 6.45) is 34.5. The van der Waals surface area contributed by atoms with E-state index in [1.54, 1.807) is 0 Å². The molecule has 348 valence electrons. The first-order valence-electron chi connectivity index (χ1n) is 23.2. The van der Waals surface area contributed by atoms with E-state index in [0.717, 1.165) is 44.9 Å². The Morgan fingerprint density at radius 2 is 1.02 bits per heavy atom. The second kappa shape index (κ2) is 37.2. The van der Waals surface area contributed by atoms with E-state index >= 15 is 0 Å². The van der Waals surface area contributed by atoms with E-state index in [2.05, 4.69) is 56.4 Å². The summed E-state index contributed by atoms with van der Waals surface area (Å²) < 4.78 is 54.0. The van der Waals surface area contributed by atoms with Crippen LogP contribution in [-0.4, -0.2) is 96.0 Å². The number of hydrogen-bond acceptors (Lipinski definition) is 11. The Bertz CT molecular complexity index is 1300. The number of rotatable bonds is 38. The smallest absolute Gasteiger partial charge is 0.306 e. The zero-order valence-electron chi connectivity index (χ0n) is 37.1. The molecule has 2 unspecified atom stereocenters. The monoisotopic (exact) mass is 871 g/mol. The Morgan fingerprint density at radius 1 is 0.567 bits per heavy atom. The van der Waals surface area contributed by atoms with Gasteiger partial charge in [-0.15, -0.1) is 0 Å². The lowest BCUT2D eigenvalue weighted by Gasteiger charge is -2.40. The van der Waals surface area contributed by atoms with Gasteiger partial charge < -0.3 is 34.3 Å². The lowest BCUT2D eigenvalue weighted by atomic mass is 10.00. The van der Waals surface area contributed by atoms with Crippen molar-refractivity contribution >= 4 is 22.1 Å². The number of aliphatic hydroxyl groups excluding tert-OH is 3. The zero-order chi connectivity index (χ0) is 44.1. The van der Waals surface area contributed by atoms with Gasteiger partial charge in [-0.2, -0.15) is 8.42 Å². The highest BCUT2D eigenvalue weighted by Crippen LogP contribution is 2.24. The highest BCUT2D eigenvalue weighted by atomic mass is 32.2. The summed E-state index contributed by atoms with van der Waals surface area (Å²) in [7, 11) is -4.61. The summed E-state index contributed by atoms with van der Waals surface area (Å²) in [5, 5.41) is 30.9. The van der Waals surface area contributed by atoms with Crippen molar-refractivity contribution in [3.63, 3.8) is 0 Å². The zero-order valence-corrected chi connectivity index (χ0v) is 37.9. The number of unbranched alkanes of at least 4 members (excludes halogenated alkanes) is 18. The average Bonchev–Trinajstić information content (AvgIpc) is 3.21. The topological polar surface area (TPSA) is 186 Å². The van der Waals surface area contributed by atoms with Crippen molar-refractivity contribution in [1.29, 1.82) is 0 Å². The highest BCUT2D eigenvalue weighted by molar-refractivity contribution is 7.85. The van der Waals surface area contributed by atoms with E-state index in [4.69, 9.17) is 18.9 Å². The fourth-order valence-corrected chi connectivity index (χ4v) is 7.44. The quantitative estimate of drug-likeness (QED) is 0.0200. The van der Waals surface area contributed by atoms with Crippen LogP contribution < -0.4 is 0 Å². The fraction of sp³-hybridized carbons (Fsp3) is 0.787. The molecule has 0 aliphatic carbocycles. The summed E-state index contributed by atoms with van der Waals surface area (Å²) >= 11 is 0. The minimum absolute atomic E-state index is 0.133. The SMILES string of the molecule is CCCCCCCC/C=C/C/C=C/C/C=C/CCCC(=O)OC[C@H](CO[C@H]1O[C@H](CS(=O)(=O)O)[C@@H](O)C(O)C1O)OC(=O)CCCCC/C=C/CCCCCCCCCC. The minimum atomic E-state index is -4.61. The predicted molar refractivity (Wildman–Crippen MR) is 238 cm³/mol. The van der Waals surface area contributed by atoms with Crippen molar-refractivity contribution in [1.82, 2.24) is 0 Å². The van der Waals surface area contributed by atoms with Crippen molar-refractivity contribution in [2.24, 2.45) is 0 Å². The van der Waals surface area contributed by atoms with E-state index in [-0.39, 0.29) is 19.4 Å². The summed E-state index contributed by atoms with van der Waals surface area (Å²) in [5.41, 5.74) is 0. The maximum Gasteiger partial charge on any atom is 0.306 e. The van der Waals surface area contributed by atoms with Crippen LogP contribution in [0.4, 0.5) is 0 Å². The van der Waals surface area contributed by atoms with E-state index < -0.39 is 71.2 Å². The molecule has 1 aliphatic heterocycles. The third kappa shape index (κ3) is 31.5. The van der Waals surface area contributed by atoms with Gasteiger partial charge in [-0.05, 0) is 70.6 Å². The number of aliphatic hydroxyl groups is 3.